The maximum absolute atomic E-state index is 11.8. The van der Waals surface area contributed by atoms with E-state index < -0.39 is 18.0 Å². The van der Waals surface area contributed by atoms with Gasteiger partial charge in [-0.3, -0.25) is 0 Å². The van der Waals surface area contributed by atoms with Crippen LogP contribution in [0.2, 0.25) is 0 Å². The van der Waals surface area contributed by atoms with Crippen molar-refractivity contribution >= 4 is 12.0 Å². The van der Waals surface area contributed by atoms with E-state index in [1.807, 2.05) is 0 Å². The van der Waals surface area contributed by atoms with Gasteiger partial charge >= 0.3 is 12.0 Å². The molecule has 7 nitrogen and oxygen atoms in total. The molecule has 1 saturated heterocycles. The Balaban J connectivity index is 2.42. The number of carbonyl (C=O) groups is 2. The molecule has 0 aromatic rings. The Kier molecular flexibility index (Phi) is 5.87. The first-order valence-corrected chi connectivity index (χ1v) is 6.00. The maximum atomic E-state index is 11.8. The zero-order chi connectivity index (χ0) is 13.5. The van der Waals surface area contributed by atoms with E-state index in [1.165, 1.54) is 0 Å². The van der Waals surface area contributed by atoms with E-state index in [2.05, 4.69) is 5.32 Å². The topological polar surface area (TPSA) is 99.1 Å². The molecule has 1 unspecified atom stereocenters. The van der Waals surface area contributed by atoms with Gasteiger partial charge in [0, 0.05) is 33.2 Å². The lowest BCUT2D eigenvalue weighted by atomic mass is 10.1. The number of carbonyl (C=O) groups excluding carboxylic acids is 1. The van der Waals surface area contributed by atoms with Crippen LogP contribution in [0.25, 0.3) is 0 Å². The summed E-state index contributed by atoms with van der Waals surface area (Å²) in [4.78, 5) is 24.2. The summed E-state index contributed by atoms with van der Waals surface area (Å²) < 4.78 is 5.19. The number of rotatable bonds is 5. The number of amides is 2. The van der Waals surface area contributed by atoms with Crippen molar-refractivity contribution < 1.29 is 24.5 Å². The van der Waals surface area contributed by atoms with Crippen molar-refractivity contribution in [2.24, 2.45) is 0 Å². The number of likely N-dealkylation sites (tertiary alicyclic amines) is 1. The number of aliphatic hydroxyl groups is 1. The van der Waals surface area contributed by atoms with Crippen molar-refractivity contribution in [2.45, 2.75) is 31.4 Å². The number of hydrogen-bond acceptors (Lipinski definition) is 4. The SMILES string of the molecule is COC1CCN(C(=O)NC(CCO)C(=O)O)CC1. The average Bonchev–Trinajstić information content (AvgIpc) is 2.38. The second-order valence-corrected chi connectivity index (χ2v) is 4.27. The van der Waals surface area contributed by atoms with Gasteiger partial charge in [-0.05, 0) is 12.8 Å². The van der Waals surface area contributed by atoms with E-state index in [1.54, 1.807) is 12.0 Å². The zero-order valence-electron chi connectivity index (χ0n) is 10.5. The highest BCUT2D eigenvalue weighted by Gasteiger charge is 2.26. The van der Waals surface area contributed by atoms with Crippen LogP contribution in [0.15, 0.2) is 0 Å². The Bertz CT molecular complexity index is 289. The lowest BCUT2D eigenvalue weighted by Crippen LogP contribution is -2.51. The van der Waals surface area contributed by atoms with Crippen LogP contribution >= 0.6 is 0 Å². The van der Waals surface area contributed by atoms with Crippen molar-refractivity contribution in [1.29, 1.82) is 0 Å². The van der Waals surface area contributed by atoms with Gasteiger partial charge in [-0.1, -0.05) is 0 Å². The van der Waals surface area contributed by atoms with Crippen molar-refractivity contribution in [3.63, 3.8) is 0 Å². The minimum absolute atomic E-state index is 0.00953. The molecule has 0 bridgehead atoms. The molecule has 104 valence electrons. The van der Waals surface area contributed by atoms with Gasteiger partial charge in [0.25, 0.3) is 0 Å². The summed E-state index contributed by atoms with van der Waals surface area (Å²) in [6.07, 6.45) is 1.68. The fourth-order valence-corrected chi connectivity index (χ4v) is 1.92. The van der Waals surface area contributed by atoms with E-state index >= 15 is 0 Å². The quantitative estimate of drug-likeness (QED) is 0.627. The zero-order valence-corrected chi connectivity index (χ0v) is 10.5. The second kappa shape index (κ2) is 7.17. The smallest absolute Gasteiger partial charge is 0.326 e. The summed E-state index contributed by atoms with van der Waals surface area (Å²) in [5.41, 5.74) is 0. The first-order chi connectivity index (χ1) is 8.58. The number of carboxylic acids is 1. The molecule has 7 heteroatoms. The summed E-state index contributed by atoms with van der Waals surface area (Å²) >= 11 is 0. The van der Waals surface area contributed by atoms with E-state index in [0.717, 1.165) is 12.8 Å². The molecule has 0 aliphatic carbocycles. The second-order valence-electron chi connectivity index (χ2n) is 4.27. The Hall–Kier alpha value is -1.34. The molecule has 1 atom stereocenters. The highest BCUT2D eigenvalue weighted by atomic mass is 16.5. The third-order valence-corrected chi connectivity index (χ3v) is 3.08. The molecular formula is C11H20N2O5. The van der Waals surface area contributed by atoms with Crippen LogP contribution in [0.5, 0.6) is 0 Å². The fraction of sp³-hybridized carbons (Fsp3) is 0.818. The number of aliphatic hydroxyl groups excluding tert-OH is 1. The van der Waals surface area contributed by atoms with Crippen molar-refractivity contribution in [3.8, 4) is 0 Å². The monoisotopic (exact) mass is 260 g/mol. The molecule has 0 aromatic carbocycles. The Labute approximate surface area is 106 Å². The molecule has 1 aliphatic heterocycles. The van der Waals surface area contributed by atoms with Gasteiger partial charge < -0.3 is 25.2 Å². The van der Waals surface area contributed by atoms with Crippen molar-refractivity contribution in [3.05, 3.63) is 0 Å². The van der Waals surface area contributed by atoms with E-state index in [9.17, 15) is 9.59 Å². The number of nitrogens with one attached hydrogen (secondary N) is 1. The number of urea groups is 1. The Morgan fingerprint density at radius 3 is 2.50 bits per heavy atom. The highest BCUT2D eigenvalue weighted by Crippen LogP contribution is 2.12. The molecule has 1 fully saturated rings. The highest BCUT2D eigenvalue weighted by molar-refractivity contribution is 5.82. The minimum atomic E-state index is -1.14. The van der Waals surface area contributed by atoms with E-state index in [0.29, 0.717) is 13.1 Å². The van der Waals surface area contributed by atoms with Gasteiger partial charge in [0.2, 0.25) is 0 Å². The molecule has 0 radical (unpaired) electrons. The van der Waals surface area contributed by atoms with Gasteiger partial charge in [-0.2, -0.15) is 0 Å². The number of piperidine rings is 1. The number of ether oxygens (including phenoxy) is 1. The number of aliphatic carboxylic acids is 1. The van der Waals surface area contributed by atoms with Crippen molar-refractivity contribution in [2.75, 3.05) is 26.8 Å². The van der Waals surface area contributed by atoms with Crippen LogP contribution in [0.1, 0.15) is 19.3 Å². The molecule has 0 saturated carbocycles. The number of hydrogen-bond donors (Lipinski definition) is 3. The van der Waals surface area contributed by atoms with E-state index in [-0.39, 0.29) is 19.1 Å². The molecule has 18 heavy (non-hydrogen) atoms. The molecule has 1 heterocycles. The summed E-state index contributed by atoms with van der Waals surface area (Å²) in [5, 5.41) is 20.0. The van der Waals surface area contributed by atoms with Crippen molar-refractivity contribution in [1.82, 2.24) is 10.2 Å². The van der Waals surface area contributed by atoms with Crippen LogP contribution in [-0.2, 0) is 9.53 Å². The number of methoxy groups -OCH3 is 1. The predicted molar refractivity (Wildman–Crippen MR) is 63.3 cm³/mol. The Morgan fingerprint density at radius 1 is 1.44 bits per heavy atom. The lowest BCUT2D eigenvalue weighted by Gasteiger charge is -2.32. The van der Waals surface area contributed by atoms with Gasteiger partial charge in [0.05, 0.1) is 6.10 Å². The standard InChI is InChI=1S/C11H20N2O5/c1-18-8-2-5-13(6-3-8)11(17)12-9(4-7-14)10(15)16/h8-9,14H,2-7H2,1H3,(H,12,17)(H,15,16). The van der Waals surface area contributed by atoms with Gasteiger partial charge in [0.15, 0.2) is 0 Å². The Morgan fingerprint density at radius 2 is 2.06 bits per heavy atom. The third-order valence-electron chi connectivity index (χ3n) is 3.08. The first kappa shape index (κ1) is 14.7. The summed E-state index contributed by atoms with van der Waals surface area (Å²) in [5.74, 6) is -1.14. The predicted octanol–water partition coefficient (Wildman–Crippen LogP) is -0.358. The van der Waals surface area contributed by atoms with Gasteiger partial charge in [0.1, 0.15) is 6.04 Å². The van der Waals surface area contributed by atoms with Crippen LogP contribution in [-0.4, -0.2) is 66.1 Å². The summed E-state index contributed by atoms with van der Waals surface area (Å²) in [6, 6.07) is -1.44. The minimum Gasteiger partial charge on any atom is -0.480 e. The van der Waals surface area contributed by atoms with Crippen LogP contribution in [0.4, 0.5) is 4.79 Å². The molecule has 0 spiro atoms. The molecule has 0 aromatic heterocycles. The third kappa shape index (κ3) is 4.15. The van der Waals surface area contributed by atoms with Gasteiger partial charge in [-0.15, -0.1) is 0 Å². The molecule has 1 aliphatic rings. The molecular weight excluding hydrogens is 240 g/mol. The molecule has 3 N–H and O–H groups in total. The van der Waals surface area contributed by atoms with Crippen LogP contribution < -0.4 is 5.32 Å². The normalized spacial score (nSPS) is 18.4. The van der Waals surface area contributed by atoms with E-state index in [4.69, 9.17) is 14.9 Å². The summed E-state index contributed by atoms with van der Waals surface area (Å²) in [7, 11) is 1.64. The number of carboxylic acid groups (broad SMARTS) is 1. The summed E-state index contributed by atoms with van der Waals surface area (Å²) in [6.45, 7) is 0.828. The average molecular weight is 260 g/mol. The van der Waals surface area contributed by atoms with Crippen LogP contribution in [0.3, 0.4) is 0 Å². The number of nitrogens with zero attached hydrogens (tertiary/aromatic N) is 1. The first-order valence-electron chi connectivity index (χ1n) is 6.00. The molecule has 1 rings (SSSR count). The maximum Gasteiger partial charge on any atom is 0.326 e. The lowest BCUT2D eigenvalue weighted by molar-refractivity contribution is -0.139. The van der Waals surface area contributed by atoms with Gasteiger partial charge in [-0.25, -0.2) is 9.59 Å². The van der Waals surface area contributed by atoms with Crippen LogP contribution in [0, 0.1) is 0 Å². The molecule has 2 amide bonds. The fourth-order valence-electron chi connectivity index (χ4n) is 1.92. The largest absolute Gasteiger partial charge is 0.480 e.